The second-order valence-corrected chi connectivity index (χ2v) is 5.13. The van der Waals surface area contributed by atoms with Crippen molar-refractivity contribution in [2.24, 2.45) is 0 Å². The van der Waals surface area contributed by atoms with E-state index in [4.69, 9.17) is 0 Å². The molecule has 1 heterocycles. The van der Waals surface area contributed by atoms with E-state index in [1.807, 2.05) is 25.1 Å². The fourth-order valence-electron chi connectivity index (χ4n) is 2.21. The van der Waals surface area contributed by atoms with Crippen molar-refractivity contribution < 1.29 is 9.18 Å². The highest BCUT2D eigenvalue weighted by atomic mass is 19.1. The third kappa shape index (κ3) is 3.23. The lowest BCUT2D eigenvalue weighted by atomic mass is 10.2. The zero-order valence-electron chi connectivity index (χ0n) is 12.3. The number of aryl methyl sites for hydroxylation is 1. The van der Waals surface area contributed by atoms with Gasteiger partial charge in [-0.15, -0.1) is 5.10 Å². The molecule has 3 rings (SSSR count). The maximum absolute atomic E-state index is 13.1. The Hall–Kier alpha value is -3.09. The van der Waals surface area contributed by atoms with Crippen LogP contribution >= 0.6 is 0 Å². The van der Waals surface area contributed by atoms with Gasteiger partial charge in [0.15, 0.2) is 0 Å². The zero-order valence-corrected chi connectivity index (χ0v) is 12.3. The number of fused-ring (bicyclic) bond motifs is 1. The Morgan fingerprint density at radius 2 is 2.09 bits per heavy atom. The maximum Gasteiger partial charge on any atom is 0.278 e. The lowest BCUT2D eigenvalue weighted by Gasteiger charge is -2.07. The van der Waals surface area contributed by atoms with E-state index in [2.05, 4.69) is 15.6 Å². The summed E-state index contributed by atoms with van der Waals surface area (Å²) in [6.07, 6.45) is 0. The molecule has 6 nitrogen and oxygen atoms in total. The van der Waals surface area contributed by atoms with Gasteiger partial charge in [0.05, 0.1) is 5.39 Å². The van der Waals surface area contributed by atoms with Gasteiger partial charge in [-0.2, -0.15) is 0 Å². The number of hydrogen-bond donors (Lipinski definition) is 1. The van der Waals surface area contributed by atoms with Gasteiger partial charge in [-0.1, -0.05) is 17.3 Å². The molecule has 1 amide bonds. The Bertz CT molecular complexity index is 952. The van der Waals surface area contributed by atoms with Crippen molar-refractivity contribution in [3.8, 4) is 0 Å². The van der Waals surface area contributed by atoms with Gasteiger partial charge < -0.3 is 5.32 Å². The lowest BCUT2D eigenvalue weighted by molar-refractivity contribution is -0.117. The third-order valence-corrected chi connectivity index (χ3v) is 3.28. The Labute approximate surface area is 130 Å². The SMILES string of the molecule is Cc1cccc(NC(=O)Cn2nnc3cc(F)ccc3c2=O)c1. The van der Waals surface area contributed by atoms with Gasteiger partial charge >= 0.3 is 0 Å². The highest BCUT2D eigenvalue weighted by Gasteiger charge is 2.10. The largest absolute Gasteiger partial charge is 0.324 e. The summed E-state index contributed by atoms with van der Waals surface area (Å²) in [7, 11) is 0. The lowest BCUT2D eigenvalue weighted by Crippen LogP contribution is -2.30. The van der Waals surface area contributed by atoms with Crippen molar-refractivity contribution in [3.05, 3.63) is 64.2 Å². The molecule has 7 heteroatoms. The van der Waals surface area contributed by atoms with E-state index >= 15 is 0 Å². The van der Waals surface area contributed by atoms with Crippen LogP contribution in [0.3, 0.4) is 0 Å². The molecule has 0 atom stereocenters. The minimum atomic E-state index is -0.499. The molecule has 0 saturated heterocycles. The number of benzene rings is 2. The van der Waals surface area contributed by atoms with Gasteiger partial charge in [-0.25, -0.2) is 9.07 Å². The van der Waals surface area contributed by atoms with Gasteiger partial charge in [0.2, 0.25) is 5.91 Å². The number of amides is 1. The number of carbonyl (C=O) groups excluding carboxylic acids is 1. The number of hydrogen-bond acceptors (Lipinski definition) is 4. The molecular formula is C16H13FN4O2. The molecule has 0 aliphatic heterocycles. The Kier molecular flexibility index (Phi) is 3.84. The second-order valence-electron chi connectivity index (χ2n) is 5.13. The fraction of sp³-hybridized carbons (Fsp3) is 0.125. The average molecular weight is 312 g/mol. The fourth-order valence-corrected chi connectivity index (χ4v) is 2.21. The van der Waals surface area contributed by atoms with Crippen LogP contribution in [0.1, 0.15) is 5.56 Å². The van der Waals surface area contributed by atoms with Crippen LogP contribution in [0.15, 0.2) is 47.3 Å². The molecule has 0 radical (unpaired) electrons. The van der Waals surface area contributed by atoms with Crippen molar-refractivity contribution in [3.63, 3.8) is 0 Å². The van der Waals surface area contributed by atoms with Crippen molar-refractivity contribution in [1.29, 1.82) is 0 Å². The van der Waals surface area contributed by atoms with E-state index in [0.717, 1.165) is 16.3 Å². The quantitative estimate of drug-likeness (QED) is 0.801. The van der Waals surface area contributed by atoms with E-state index < -0.39 is 17.3 Å². The van der Waals surface area contributed by atoms with Crippen molar-refractivity contribution in [2.75, 3.05) is 5.32 Å². The number of carbonyl (C=O) groups is 1. The standard InChI is InChI=1S/C16H13FN4O2/c1-10-3-2-4-12(7-10)18-15(22)9-21-16(23)13-6-5-11(17)8-14(13)19-20-21/h2-8H,9H2,1H3,(H,18,22). The van der Waals surface area contributed by atoms with E-state index in [0.29, 0.717) is 5.69 Å². The molecule has 2 aromatic carbocycles. The number of nitrogens with zero attached hydrogens (tertiary/aromatic N) is 3. The van der Waals surface area contributed by atoms with E-state index in [9.17, 15) is 14.0 Å². The first-order valence-corrected chi connectivity index (χ1v) is 6.92. The first-order valence-electron chi connectivity index (χ1n) is 6.92. The summed E-state index contributed by atoms with van der Waals surface area (Å²) in [6, 6.07) is 10.9. The highest BCUT2D eigenvalue weighted by Crippen LogP contribution is 2.10. The smallest absolute Gasteiger partial charge is 0.278 e. The monoisotopic (exact) mass is 312 g/mol. The Morgan fingerprint density at radius 3 is 2.87 bits per heavy atom. The van der Waals surface area contributed by atoms with Crippen LogP contribution in [0.25, 0.3) is 10.9 Å². The number of nitrogens with one attached hydrogen (secondary N) is 1. The predicted octanol–water partition coefficient (Wildman–Crippen LogP) is 1.88. The summed E-state index contributed by atoms with van der Waals surface area (Å²) in [5.74, 6) is -0.894. The van der Waals surface area contributed by atoms with Gasteiger partial charge in [0.25, 0.3) is 5.56 Å². The normalized spacial score (nSPS) is 10.7. The summed E-state index contributed by atoms with van der Waals surface area (Å²) in [4.78, 5) is 24.3. The minimum absolute atomic E-state index is 0.158. The maximum atomic E-state index is 13.1. The molecular weight excluding hydrogens is 299 g/mol. The van der Waals surface area contributed by atoms with Crippen LogP contribution in [0.4, 0.5) is 10.1 Å². The number of halogens is 1. The summed E-state index contributed by atoms with van der Waals surface area (Å²) in [5.41, 5.74) is 1.31. The first-order chi connectivity index (χ1) is 11.0. The van der Waals surface area contributed by atoms with Crippen molar-refractivity contribution in [2.45, 2.75) is 13.5 Å². The summed E-state index contributed by atoms with van der Waals surface area (Å²) >= 11 is 0. The molecule has 0 fully saturated rings. The van der Waals surface area contributed by atoms with E-state index in [1.165, 1.54) is 12.1 Å². The summed E-state index contributed by atoms with van der Waals surface area (Å²) in [5, 5.41) is 10.3. The number of aromatic nitrogens is 3. The van der Waals surface area contributed by atoms with Crippen LogP contribution in [0, 0.1) is 12.7 Å². The molecule has 0 spiro atoms. The molecule has 3 aromatic rings. The van der Waals surface area contributed by atoms with Gasteiger partial charge in [-0.05, 0) is 36.8 Å². The predicted molar refractivity (Wildman–Crippen MR) is 83.6 cm³/mol. The third-order valence-electron chi connectivity index (χ3n) is 3.28. The molecule has 0 aliphatic carbocycles. The van der Waals surface area contributed by atoms with Crippen molar-refractivity contribution in [1.82, 2.24) is 15.0 Å². The molecule has 0 unspecified atom stereocenters. The average Bonchev–Trinajstić information content (AvgIpc) is 2.50. The van der Waals surface area contributed by atoms with Crippen LogP contribution in [0.5, 0.6) is 0 Å². The van der Waals surface area contributed by atoms with Crippen LogP contribution in [-0.4, -0.2) is 20.9 Å². The Morgan fingerprint density at radius 1 is 1.26 bits per heavy atom. The van der Waals surface area contributed by atoms with Crippen molar-refractivity contribution >= 4 is 22.5 Å². The van der Waals surface area contributed by atoms with Gasteiger partial charge in [-0.3, -0.25) is 9.59 Å². The molecule has 0 saturated carbocycles. The van der Waals surface area contributed by atoms with Crippen LogP contribution in [-0.2, 0) is 11.3 Å². The van der Waals surface area contributed by atoms with Gasteiger partial charge in [0, 0.05) is 11.8 Å². The van der Waals surface area contributed by atoms with E-state index in [-0.39, 0.29) is 17.4 Å². The zero-order chi connectivity index (χ0) is 16.4. The highest BCUT2D eigenvalue weighted by molar-refractivity contribution is 5.90. The molecule has 1 N–H and O–H groups in total. The second kappa shape index (κ2) is 5.96. The van der Waals surface area contributed by atoms with Crippen LogP contribution in [0.2, 0.25) is 0 Å². The molecule has 116 valence electrons. The summed E-state index contributed by atoms with van der Waals surface area (Å²) in [6.45, 7) is 1.64. The van der Waals surface area contributed by atoms with Gasteiger partial charge in [0.1, 0.15) is 17.9 Å². The number of rotatable bonds is 3. The summed E-state index contributed by atoms with van der Waals surface area (Å²) < 4.78 is 14.1. The first kappa shape index (κ1) is 14.8. The molecule has 1 aromatic heterocycles. The molecule has 0 bridgehead atoms. The minimum Gasteiger partial charge on any atom is -0.324 e. The van der Waals surface area contributed by atoms with Crippen LogP contribution < -0.4 is 10.9 Å². The Balaban J connectivity index is 1.84. The topological polar surface area (TPSA) is 76.9 Å². The van der Waals surface area contributed by atoms with E-state index in [1.54, 1.807) is 6.07 Å². The number of anilines is 1. The molecule has 23 heavy (non-hydrogen) atoms. The molecule has 0 aliphatic rings.